The molecule has 0 saturated carbocycles. The van der Waals surface area contributed by atoms with Gasteiger partial charge in [0.15, 0.2) is 11.6 Å². The normalized spacial score (nSPS) is 11.3. The summed E-state index contributed by atoms with van der Waals surface area (Å²) in [7, 11) is 0. The van der Waals surface area contributed by atoms with Crippen LogP contribution in [0.5, 0.6) is 0 Å². The molecule has 0 amide bonds. The predicted molar refractivity (Wildman–Crippen MR) is 176 cm³/mol. The van der Waals surface area contributed by atoms with Gasteiger partial charge in [-0.15, -0.1) is 11.3 Å². The van der Waals surface area contributed by atoms with Crippen LogP contribution in [0.2, 0.25) is 0 Å². The summed E-state index contributed by atoms with van der Waals surface area (Å²) in [6, 6.07) is 50.6. The van der Waals surface area contributed by atoms with Crippen LogP contribution in [-0.4, -0.2) is 19.5 Å². The van der Waals surface area contributed by atoms with E-state index >= 15 is 0 Å². The molecule has 8 aromatic rings. The molecular weight excluding hydrogens is 533 g/mol. The second kappa shape index (κ2) is 10.2. The van der Waals surface area contributed by atoms with Gasteiger partial charge in [0.25, 0.3) is 0 Å². The minimum absolute atomic E-state index is 0.565. The van der Waals surface area contributed by atoms with Crippen molar-refractivity contribution in [3.63, 3.8) is 0 Å². The van der Waals surface area contributed by atoms with Gasteiger partial charge in [-0.3, -0.25) is 4.57 Å². The van der Waals surface area contributed by atoms with Crippen molar-refractivity contribution in [2.45, 2.75) is 0 Å². The van der Waals surface area contributed by atoms with E-state index in [1.807, 2.05) is 60.7 Å². The Labute approximate surface area is 246 Å². The molecule has 0 spiro atoms. The minimum atomic E-state index is 0.565. The van der Waals surface area contributed by atoms with Gasteiger partial charge in [-0.25, -0.2) is 4.98 Å². The Morgan fingerprint density at radius 1 is 0.452 bits per heavy atom. The van der Waals surface area contributed by atoms with Gasteiger partial charge in [0, 0.05) is 25.9 Å². The van der Waals surface area contributed by atoms with Crippen LogP contribution in [-0.2, 0) is 0 Å². The summed E-state index contributed by atoms with van der Waals surface area (Å²) in [5, 5.41) is 4.71. The summed E-state index contributed by atoms with van der Waals surface area (Å²) in [6.45, 7) is 0. The fraction of sp³-hybridized carbons (Fsp3) is 0. The van der Waals surface area contributed by atoms with Crippen molar-refractivity contribution in [3.05, 3.63) is 146 Å². The molecule has 6 aromatic carbocycles. The highest BCUT2D eigenvalue weighted by molar-refractivity contribution is 7.22. The van der Waals surface area contributed by atoms with Crippen LogP contribution in [0.15, 0.2) is 146 Å². The topological polar surface area (TPSA) is 43.6 Å². The molecule has 0 radical (unpaired) electrons. The molecule has 0 aliphatic heterocycles. The molecule has 4 nitrogen and oxygen atoms in total. The van der Waals surface area contributed by atoms with Gasteiger partial charge in [-0.2, -0.15) is 9.97 Å². The molecule has 0 saturated heterocycles. The molecule has 0 aliphatic rings. The third kappa shape index (κ3) is 4.37. The molecule has 5 heteroatoms. The van der Waals surface area contributed by atoms with Crippen LogP contribution >= 0.6 is 11.3 Å². The Hall–Kier alpha value is -5.39. The number of benzene rings is 6. The Kier molecular flexibility index (Phi) is 5.94. The zero-order valence-electron chi connectivity index (χ0n) is 22.6. The summed E-state index contributed by atoms with van der Waals surface area (Å²) in [5.41, 5.74) is 3.87. The van der Waals surface area contributed by atoms with Crippen molar-refractivity contribution in [3.8, 4) is 28.7 Å². The largest absolute Gasteiger partial charge is 0.278 e. The smallest absolute Gasteiger partial charge is 0.238 e. The Balaban J connectivity index is 1.58. The van der Waals surface area contributed by atoms with Crippen molar-refractivity contribution in [2.24, 2.45) is 0 Å². The van der Waals surface area contributed by atoms with E-state index in [0.29, 0.717) is 17.6 Å². The average Bonchev–Trinajstić information content (AvgIpc) is 3.07. The fourth-order valence-electron chi connectivity index (χ4n) is 5.53. The van der Waals surface area contributed by atoms with Gasteiger partial charge in [-0.1, -0.05) is 109 Å². The van der Waals surface area contributed by atoms with Gasteiger partial charge >= 0.3 is 0 Å². The number of aromatic nitrogens is 4. The molecule has 198 valence electrons. The maximum Gasteiger partial charge on any atom is 0.238 e. The molecular formula is C37H24N4S. The lowest BCUT2D eigenvalue weighted by Gasteiger charge is -2.14. The highest BCUT2D eigenvalue weighted by atomic mass is 32.1. The van der Waals surface area contributed by atoms with Crippen LogP contribution < -0.4 is 0 Å². The third-order valence-electron chi connectivity index (χ3n) is 7.49. The maximum atomic E-state index is 5.13. The fourth-order valence-corrected chi connectivity index (χ4v) is 6.44. The monoisotopic (exact) mass is 556 g/mol. The van der Waals surface area contributed by atoms with E-state index in [1.54, 1.807) is 11.3 Å². The molecule has 0 N–H and O–H groups in total. The van der Waals surface area contributed by atoms with E-state index in [0.717, 1.165) is 32.2 Å². The van der Waals surface area contributed by atoms with Gasteiger partial charge < -0.3 is 0 Å². The Morgan fingerprint density at radius 2 is 1.10 bits per heavy atom. The van der Waals surface area contributed by atoms with E-state index in [9.17, 15) is 0 Å². The predicted octanol–water partition coefficient (Wildman–Crippen LogP) is 9.79. The van der Waals surface area contributed by atoms with E-state index in [-0.39, 0.29) is 0 Å². The molecule has 2 heterocycles. The molecule has 0 unspecified atom stereocenters. The molecule has 0 atom stereocenters. The second-order valence-electron chi connectivity index (χ2n) is 10.2. The SMILES string of the molecule is c1ccc(-c2nc(-c3ccccc3)nc(-n3c4cccc(c4)sc4ccc5cccc(c5c4)c4ccccc43)n2)cc1. The number of hydrogen-bond donors (Lipinski definition) is 0. The molecule has 8 rings (SSSR count). The van der Waals surface area contributed by atoms with Crippen molar-refractivity contribution in [2.75, 3.05) is 0 Å². The molecule has 42 heavy (non-hydrogen) atoms. The second-order valence-corrected chi connectivity index (χ2v) is 11.3. The van der Waals surface area contributed by atoms with E-state index < -0.39 is 0 Å². The highest BCUT2D eigenvalue weighted by Crippen LogP contribution is 2.32. The zero-order valence-corrected chi connectivity index (χ0v) is 23.4. The van der Waals surface area contributed by atoms with E-state index in [2.05, 4.69) is 89.5 Å². The van der Waals surface area contributed by atoms with Crippen molar-refractivity contribution in [1.29, 1.82) is 0 Å². The lowest BCUT2D eigenvalue weighted by Crippen LogP contribution is -2.07. The van der Waals surface area contributed by atoms with E-state index in [1.165, 1.54) is 20.9 Å². The van der Waals surface area contributed by atoms with Crippen LogP contribution in [0.4, 0.5) is 0 Å². The molecule has 4 bridgehead atoms. The van der Waals surface area contributed by atoms with E-state index in [4.69, 9.17) is 15.0 Å². The number of rotatable bonds is 3. The van der Waals surface area contributed by atoms with Gasteiger partial charge in [0.2, 0.25) is 5.95 Å². The maximum absolute atomic E-state index is 5.13. The number of hydrogen-bond acceptors (Lipinski definition) is 4. The number of fused-ring (bicyclic) bond motifs is 5. The first-order valence-electron chi connectivity index (χ1n) is 13.9. The quantitative estimate of drug-likeness (QED) is 0.218. The van der Waals surface area contributed by atoms with Crippen LogP contribution in [0.3, 0.4) is 0 Å². The lowest BCUT2D eigenvalue weighted by atomic mass is 10.0. The minimum Gasteiger partial charge on any atom is -0.278 e. The van der Waals surface area contributed by atoms with Gasteiger partial charge in [0.1, 0.15) is 0 Å². The van der Waals surface area contributed by atoms with Crippen molar-refractivity contribution in [1.82, 2.24) is 19.5 Å². The standard InChI is InChI=1S/C37H24N4S/c1-3-11-26(12-4-1)35-38-36(27-13-5-2-6-14-27)40-37(39-35)41-28-16-10-17-29(23-28)42-30-22-21-25-15-9-19-31(33(25)24-30)32-18-7-8-20-34(32)41/h1-24H. The average molecular weight is 557 g/mol. The summed E-state index contributed by atoms with van der Waals surface area (Å²) in [6.07, 6.45) is 0. The molecule has 0 fully saturated rings. The first-order chi connectivity index (χ1) is 20.8. The number of para-hydroxylation sites is 1. The van der Waals surface area contributed by atoms with Crippen LogP contribution in [0.25, 0.3) is 70.7 Å². The van der Waals surface area contributed by atoms with Crippen LogP contribution in [0, 0.1) is 0 Å². The third-order valence-corrected chi connectivity index (χ3v) is 8.47. The Morgan fingerprint density at radius 3 is 1.86 bits per heavy atom. The summed E-state index contributed by atoms with van der Waals surface area (Å²) >= 11 is 1.76. The van der Waals surface area contributed by atoms with Crippen molar-refractivity contribution >= 4 is 53.3 Å². The first-order valence-corrected chi connectivity index (χ1v) is 14.7. The summed E-state index contributed by atoms with van der Waals surface area (Å²) < 4.78 is 4.53. The molecule has 2 aromatic heterocycles. The van der Waals surface area contributed by atoms with Gasteiger partial charge in [-0.05, 0) is 52.6 Å². The number of nitrogens with zero attached hydrogens (tertiary/aromatic N) is 4. The van der Waals surface area contributed by atoms with Crippen molar-refractivity contribution < 1.29 is 0 Å². The molecule has 0 aliphatic carbocycles. The zero-order chi connectivity index (χ0) is 27.9. The highest BCUT2D eigenvalue weighted by Gasteiger charge is 2.14. The first kappa shape index (κ1) is 24.4. The summed E-state index contributed by atoms with van der Waals surface area (Å²) in [5.74, 6) is 1.83. The van der Waals surface area contributed by atoms with Crippen LogP contribution in [0.1, 0.15) is 0 Å². The Bertz CT molecular complexity index is 2240. The van der Waals surface area contributed by atoms with Gasteiger partial charge in [0.05, 0.1) is 11.0 Å². The lowest BCUT2D eigenvalue weighted by molar-refractivity contribution is 0.949. The summed E-state index contributed by atoms with van der Waals surface area (Å²) in [4.78, 5) is 15.2.